The Bertz CT molecular complexity index is 1060. The molecule has 0 aliphatic carbocycles. The first-order chi connectivity index (χ1) is 13.3. The number of nitro groups is 1. The SMILES string of the molecule is [CH2]C(Nc1ccc([N+](=O)[O-])c(N)n1)c1ncc(N)c(-c2ccc(Cl)cc2Cl)n1. The Morgan fingerprint density at radius 1 is 1.18 bits per heavy atom. The maximum atomic E-state index is 10.8. The molecule has 0 spiro atoms. The number of hydrogen-bond acceptors (Lipinski definition) is 8. The van der Waals surface area contributed by atoms with E-state index in [9.17, 15) is 10.1 Å². The number of halogens is 2. The first kappa shape index (κ1) is 19.6. The van der Waals surface area contributed by atoms with E-state index < -0.39 is 11.0 Å². The number of pyridine rings is 1. The van der Waals surface area contributed by atoms with Gasteiger partial charge in [-0.3, -0.25) is 10.1 Å². The van der Waals surface area contributed by atoms with Crippen molar-refractivity contribution in [3.05, 3.63) is 69.4 Å². The van der Waals surface area contributed by atoms with Crippen molar-refractivity contribution in [3.8, 4) is 11.3 Å². The summed E-state index contributed by atoms with van der Waals surface area (Å²) in [6.07, 6.45) is 1.44. The molecule has 28 heavy (non-hydrogen) atoms. The van der Waals surface area contributed by atoms with Crippen molar-refractivity contribution >= 4 is 46.2 Å². The van der Waals surface area contributed by atoms with Crippen LogP contribution in [0.1, 0.15) is 11.9 Å². The van der Waals surface area contributed by atoms with E-state index in [1.54, 1.807) is 18.2 Å². The monoisotopic (exact) mass is 418 g/mol. The molecule has 1 unspecified atom stereocenters. The number of nitrogens with zero attached hydrogens (tertiary/aromatic N) is 4. The van der Waals surface area contributed by atoms with E-state index in [1.165, 1.54) is 18.3 Å². The van der Waals surface area contributed by atoms with Crippen LogP contribution in [0.15, 0.2) is 36.5 Å². The average molecular weight is 419 g/mol. The van der Waals surface area contributed by atoms with Crippen LogP contribution in [0.4, 0.5) is 23.0 Å². The Morgan fingerprint density at radius 2 is 1.93 bits per heavy atom. The normalized spacial score (nSPS) is 11.8. The van der Waals surface area contributed by atoms with Gasteiger partial charge in [-0.15, -0.1) is 0 Å². The fourth-order valence-corrected chi connectivity index (χ4v) is 2.91. The third kappa shape index (κ3) is 4.05. The van der Waals surface area contributed by atoms with Gasteiger partial charge in [0.2, 0.25) is 5.82 Å². The van der Waals surface area contributed by atoms with Crippen LogP contribution in [0.2, 0.25) is 10.0 Å². The Hall–Kier alpha value is -3.17. The van der Waals surface area contributed by atoms with Gasteiger partial charge >= 0.3 is 5.69 Å². The zero-order chi connectivity index (χ0) is 20.4. The summed E-state index contributed by atoms with van der Waals surface area (Å²) in [5.41, 5.74) is 12.7. The highest BCUT2D eigenvalue weighted by Crippen LogP contribution is 2.33. The summed E-state index contributed by atoms with van der Waals surface area (Å²) in [5.74, 6) is 0.387. The van der Waals surface area contributed by atoms with Crippen LogP contribution in [0.3, 0.4) is 0 Å². The predicted octanol–water partition coefficient (Wildman–Crippen LogP) is 3.91. The lowest BCUT2D eigenvalue weighted by molar-refractivity contribution is -0.384. The second-order valence-electron chi connectivity index (χ2n) is 5.71. The summed E-state index contributed by atoms with van der Waals surface area (Å²) < 4.78 is 0. The second-order valence-corrected chi connectivity index (χ2v) is 6.55. The summed E-state index contributed by atoms with van der Waals surface area (Å²) >= 11 is 12.2. The Kier molecular flexibility index (Phi) is 5.48. The maximum Gasteiger partial charge on any atom is 0.311 e. The zero-order valence-electron chi connectivity index (χ0n) is 14.3. The van der Waals surface area contributed by atoms with Gasteiger partial charge in [0.25, 0.3) is 0 Å². The van der Waals surface area contributed by atoms with Gasteiger partial charge in [0.05, 0.1) is 33.6 Å². The van der Waals surface area contributed by atoms with Crippen LogP contribution in [0.25, 0.3) is 11.3 Å². The number of rotatable bonds is 5. The molecule has 1 radical (unpaired) electrons. The molecular weight excluding hydrogens is 405 g/mol. The van der Waals surface area contributed by atoms with Crippen LogP contribution in [0.5, 0.6) is 0 Å². The molecule has 3 rings (SSSR count). The van der Waals surface area contributed by atoms with Gasteiger partial charge in [-0.1, -0.05) is 23.2 Å². The van der Waals surface area contributed by atoms with Gasteiger partial charge in [0.15, 0.2) is 5.82 Å². The Balaban J connectivity index is 1.90. The third-order valence-electron chi connectivity index (χ3n) is 3.75. The summed E-state index contributed by atoms with van der Waals surface area (Å²) in [6, 6.07) is 6.99. The van der Waals surface area contributed by atoms with E-state index in [4.69, 9.17) is 34.7 Å². The first-order valence-electron chi connectivity index (χ1n) is 7.84. The van der Waals surface area contributed by atoms with Crippen molar-refractivity contribution in [1.82, 2.24) is 15.0 Å². The van der Waals surface area contributed by atoms with E-state index in [1.807, 2.05) is 0 Å². The third-order valence-corrected chi connectivity index (χ3v) is 4.30. The van der Waals surface area contributed by atoms with Gasteiger partial charge in [-0.25, -0.2) is 15.0 Å². The number of benzene rings is 1. The summed E-state index contributed by atoms with van der Waals surface area (Å²) in [6.45, 7) is 3.95. The first-order valence-corrected chi connectivity index (χ1v) is 8.60. The van der Waals surface area contributed by atoms with Crippen LogP contribution < -0.4 is 16.8 Å². The minimum absolute atomic E-state index is 0.214. The number of anilines is 3. The zero-order valence-corrected chi connectivity index (χ0v) is 15.8. The number of nitrogen functional groups attached to an aromatic ring is 2. The molecule has 143 valence electrons. The molecule has 2 aromatic heterocycles. The molecule has 11 heteroatoms. The fourth-order valence-electron chi connectivity index (χ4n) is 2.42. The van der Waals surface area contributed by atoms with E-state index in [-0.39, 0.29) is 17.3 Å². The molecule has 0 saturated carbocycles. The number of nitrogens with one attached hydrogen (secondary N) is 1. The van der Waals surface area contributed by atoms with Crippen molar-refractivity contribution in [1.29, 1.82) is 0 Å². The largest absolute Gasteiger partial charge is 0.396 e. The van der Waals surface area contributed by atoms with Crippen molar-refractivity contribution in [2.24, 2.45) is 0 Å². The topological polar surface area (TPSA) is 146 Å². The lowest BCUT2D eigenvalue weighted by atomic mass is 10.1. The van der Waals surface area contributed by atoms with Gasteiger partial charge in [0.1, 0.15) is 5.82 Å². The van der Waals surface area contributed by atoms with Crippen molar-refractivity contribution in [3.63, 3.8) is 0 Å². The molecular formula is C17H14Cl2N7O2. The molecule has 5 N–H and O–H groups in total. The molecule has 2 heterocycles. The van der Waals surface area contributed by atoms with Gasteiger partial charge in [-0.05, 0) is 31.2 Å². The summed E-state index contributed by atoms with van der Waals surface area (Å²) in [7, 11) is 0. The minimum Gasteiger partial charge on any atom is -0.396 e. The van der Waals surface area contributed by atoms with Crippen molar-refractivity contribution < 1.29 is 4.92 Å². The molecule has 0 amide bonds. The number of nitrogens with two attached hydrogens (primary N) is 2. The Morgan fingerprint density at radius 3 is 2.57 bits per heavy atom. The second kappa shape index (κ2) is 7.83. The molecule has 0 aliphatic rings. The molecule has 9 nitrogen and oxygen atoms in total. The Labute approximate surface area is 169 Å². The predicted molar refractivity (Wildman–Crippen MR) is 109 cm³/mol. The van der Waals surface area contributed by atoms with Crippen LogP contribution in [0, 0.1) is 17.0 Å². The van der Waals surface area contributed by atoms with Crippen LogP contribution in [-0.2, 0) is 0 Å². The van der Waals surface area contributed by atoms with Gasteiger partial charge in [-0.2, -0.15) is 0 Å². The smallest absolute Gasteiger partial charge is 0.311 e. The van der Waals surface area contributed by atoms with E-state index >= 15 is 0 Å². The molecule has 0 saturated heterocycles. The quantitative estimate of drug-likeness (QED) is 0.417. The molecule has 1 aromatic carbocycles. The average Bonchev–Trinajstić information content (AvgIpc) is 2.62. The van der Waals surface area contributed by atoms with Crippen LogP contribution in [-0.4, -0.2) is 19.9 Å². The lowest BCUT2D eigenvalue weighted by Gasteiger charge is -2.15. The van der Waals surface area contributed by atoms with Crippen LogP contribution >= 0.6 is 23.2 Å². The minimum atomic E-state index is -0.640. The van der Waals surface area contributed by atoms with Gasteiger partial charge < -0.3 is 16.8 Å². The highest BCUT2D eigenvalue weighted by molar-refractivity contribution is 6.36. The lowest BCUT2D eigenvalue weighted by Crippen LogP contribution is -2.14. The highest BCUT2D eigenvalue weighted by Gasteiger charge is 2.17. The van der Waals surface area contributed by atoms with E-state index in [2.05, 4.69) is 27.2 Å². The molecule has 0 aliphatic heterocycles. The maximum absolute atomic E-state index is 10.8. The molecule has 0 fully saturated rings. The fraction of sp³-hybridized carbons (Fsp3) is 0.0588. The van der Waals surface area contributed by atoms with E-state index in [0.29, 0.717) is 32.8 Å². The number of hydrogen-bond donors (Lipinski definition) is 3. The van der Waals surface area contributed by atoms with Gasteiger partial charge in [0, 0.05) is 16.7 Å². The molecule has 3 aromatic rings. The van der Waals surface area contributed by atoms with Crippen molar-refractivity contribution in [2.75, 3.05) is 16.8 Å². The molecule has 1 atom stereocenters. The van der Waals surface area contributed by atoms with Crippen molar-refractivity contribution in [2.45, 2.75) is 6.04 Å². The molecule has 0 bridgehead atoms. The summed E-state index contributed by atoms with van der Waals surface area (Å²) in [5, 5.41) is 14.7. The standard InChI is InChI=1S/C17H14Cl2N7O2/c1-8(23-14-5-4-13(26(27)28)16(21)24-14)17-22-7-12(20)15(25-17)10-3-2-9(18)6-11(10)19/h2-8H,1,20H2,(H3,21,23,24). The number of aromatic nitrogens is 3. The van der Waals surface area contributed by atoms with E-state index in [0.717, 1.165) is 0 Å². The highest BCUT2D eigenvalue weighted by atomic mass is 35.5. The summed E-state index contributed by atoms with van der Waals surface area (Å²) in [4.78, 5) is 22.8.